The lowest BCUT2D eigenvalue weighted by Gasteiger charge is -2.37. The summed E-state index contributed by atoms with van der Waals surface area (Å²) < 4.78 is 11.7. The third kappa shape index (κ3) is 7.91. The first-order valence-corrected chi connectivity index (χ1v) is 7.60. The molecule has 1 N–H and O–H groups in total. The molecule has 0 heterocycles. The molecule has 4 unspecified atom stereocenters. The first-order valence-electron chi connectivity index (χ1n) is 7.60. The van der Waals surface area contributed by atoms with Gasteiger partial charge in [0, 0.05) is 0 Å². The maximum Gasteiger partial charge on any atom is 0.0784 e. The standard InChI is InChI=1S/C16H34O3/c1-8-9-12(2)15(16(5,6)7)19-14(4)11-18-13(3)10-17/h12-15,17H,8-11H2,1-7H3. The lowest BCUT2D eigenvalue weighted by atomic mass is 9.80. The van der Waals surface area contributed by atoms with E-state index in [-0.39, 0.29) is 30.3 Å². The van der Waals surface area contributed by atoms with Crippen LogP contribution in [-0.4, -0.2) is 36.6 Å². The Hall–Kier alpha value is -0.120. The molecule has 0 saturated carbocycles. The van der Waals surface area contributed by atoms with Gasteiger partial charge in [0.25, 0.3) is 0 Å². The maximum absolute atomic E-state index is 8.95. The van der Waals surface area contributed by atoms with Gasteiger partial charge in [0.2, 0.25) is 0 Å². The normalized spacial score (nSPS) is 18.9. The topological polar surface area (TPSA) is 38.7 Å². The SMILES string of the molecule is CCCC(C)C(OC(C)COC(C)CO)C(C)(C)C. The summed E-state index contributed by atoms with van der Waals surface area (Å²) in [5.41, 5.74) is 0.130. The number of rotatable bonds is 9. The van der Waals surface area contributed by atoms with E-state index < -0.39 is 0 Å². The fraction of sp³-hybridized carbons (Fsp3) is 1.00. The highest BCUT2D eigenvalue weighted by molar-refractivity contribution is 4.80. The molecule has 0 aromatic carbocycles. The van der Waals surface area contributed by atoms with Gasteiger partial charge in [-0.2, -0.15) is 0 Å². The van der Waals surface area contributed by atoms with Crippen LogP contribution < -0.4 is 0 Å². The van der Waals surface area contributed by atoms with E-state index in [0.717, 1.165) is 0 Å². The summed E-state index contributed by atoms with van der Waals surface area (Å²) in [7, 11) is 0. The van der Waals surface area contributed by atoms with Crippen LogP contribution >= 0.6 is 0 Å². The number of aliphatic hydroxyl groups is 1. The molecule has 0 aliphatic heterocycles. The number of hydrogen-bond donors (Lipinski definition) is 1. The summed E-state index contributed by atoms with van der Waals surface area (Å²) in [4.78, 5) is 0. The molecule has 0 amide bonds. The van der Waals surface area contributed by atoms with Crippen molar-refractivity contribution >= 4 is 0 Å². The molecule has 3 nitrogen and oxygen atoms in total. The zero-order valence-corrected chi connectivity index (χ0v) is 13.9. The largest absolute Gasteiger partial charge is 0.394 e. The Morgan fingerprint density at radius 2 is 1.63 bits per heavy atom. The van der Waals surface area contributed by atoms with Gasteiger partial charge in [-0.05, 0) is 31.6 Å². The molecule has 0 fully saturated rings. The Morgan fingerprint density at radius 1 is 1.05 bits per heavy atom. The van der Waals surface area contributed by atoms with Crippen molar-refractivity contribution < 1.29 is 14.6 Å². The Labute approximate surface area is 119 Å². The Kier molecular flexibility index (Phi) is 8.88. The summed E-state index contributed by atoms with van der Waals surface area (Å²) in [5, 5.41) is 8.95. The van der Waals surface area contributed by atoms with Crippen LogP contribution in [0.4, 0.5) is 0 Å². The van der Waals surface area contributed by atoms with Crippen molar-refractivity contribution in [2.24, 2.45) is 11.3 Å². The highest BCUT2D eigenvalue weighted by Crippen LogP contribution is 2.31. The van der Waals surface area contributed by atoms with Crippen LogP contribution in [-0.2, 0) is 9.47 Å². The molecule has 0 aliphatic carbocycles. The minimum atomic E-state index is -0.118. The number of ether oxygens (including phenoxy) is 2. The van der Waals surface area contributed by atoms with Gasteiger partial charge in [-0.1, -0.05) is 41.0 Å². The molecule has 19 heavy (non-hydrogen) atoms. The molecule has 0 spiro atoms. The molecule has 0 aliphatic rings. The van der Waals surface area contributed by atoms with Gasteiger partial charge in [0.1, 0.15) is 0 Å². The maximum atomic E-state index is 8.95. The molecule has 0 aromatic rings. The van der Waals surface area contributed by atoms with E-state index in [4.69, 9.17) is 14.6 Å². The van der Waals surface area contributed by atoms with Crippen LogP contribution in [0.1, 0.15) is 61.3 Å². The van der Waals surface area contributed by atoms with Crippen molar-refractivity contribution in [1.82, 2.24) is 0 Å². The third-order valence-corrected chi connectivity index (χ3v) is 3.37. The number of aliphatic hydroxyl groups excluding tert-OH is 1. The average molecular weight is 274 g/mol. The minimum absolute atomic E-state index is 0.0533. The monoisotopic (exact) mass is 274 g/mol. The van der Waals surface area contributed by atoms with E-state index in [9.17, 15) is 0 Å². The molecule has 0 saturated heterocycles. The fourth-order valence-corrected chi connectivity index (χ4v) is 2.44. The lowest BCUT2D eigenvalue weighted by Crippen LogP contribution is -2.39. The summed E-state index contributed by atoms with van der Waals surface area (Å²) in [6.07, 6.45) is 2.53. The molecule has 3 heteroatoms. The second kappa shape index (κ2) is 8.93. The summed E-state index contributed by atoms with van der Waals surface area (Å²) in [6, 6.07) is 0. The van der Waals surface area contributed by atoms with E-state index in [1.807, 2.05) is 13.8 Å². The van der Waals surface area contributed by atoms with Gasteiger partial charge < -0.3 is 14.6 Å². The average Bonchev–Trinajstić information content (AvgIpc) is 2.31. The zero-order valence-electron chi connectivity index (χ0n) is 13.9. The first-order chi connectivity index (χ1) is 8.72. The second-order valence-corrected chi connectivity index (χ2v) is 6.83. The molecule has 0 aromatic heterocycles. The molecule has 0 rings (SSSR count). The highest BCUT2D eigenvalue weighted by Gasteiger charge is 2.31. The van der Waals surface area contributed by atoms with Crippen molar-refractivity contribution in [3.05, 3.63) is 0 Å². The molecule has 4 atom stereocenters. The molecular formula is C16H34O3. The predicted molar refractivity (Wildman–Crippen MR) is 80.4 cm³/mol. The van der Waals surface area contributed by atoms with Crippen molar-refractivity contribution in [3.63, 3.8) is 0 Å². The van der Waals surface area contributed by atoms with Crippen LogP contribution in [0.3, 0.4) is 0 Å². The van der Waals surface area contributed by atoms with Gasteiger partial charge in [-0.15, -0.1) is 0 Å². The molecule has 116 valence electrons. The summed E-state index contributed by atoms with van der Waals surface area (Å²) in [5.74, 6) is 0.544. The van der Waals surface area contributed by atoms with Crippen LogP contribution in [0.2, 0.25) is 0 Å². The van der Waals surface area contributed by atoms with Gasteiger partial charge in [0.15, 0.2) is 0 Å². The van der Waals surface area contributed by atoms with E-state index in [2.05, 4.69) is 34.6 Å². The van der Waals surface area contributed by atoms with E-state index in [1.54, 1.807) is 0 Å². The van der Waals surface area contributed by atoms with E-state index in [1.165, 1.54) is 12.8 Å². The molecular weight excluding hydrogens is 240 g/mol. The van der Waals surface area contributed by atoms with Gasteiger partial charge >= 0.3 is 0 Å². The third-order valence-electron chi connectivity index (χ3n) is 3.37. The smallest absolute Gasteiger partial charge is 0.0784 e. The number of hydrogen-bond acceptors (Lipinski definition) is 3. The second-order valence-electron chi connectivity index (χ2n) is 6.83. The van der Waals surface area contributed by atoms with Gasteiger partial charge in [0.05, 0.1) is 31.5 Å². The molecule has 0 radical (unpaired) electrons. The van der Waals surface area contributed by atoms with Crippen molar-refractivity contribution in [2.45, 2.75) is 79.6 Å². The Morgan fingerprint density at radius 3 is 2.05 bits per heavy atom. The van der Waals surface area contributed by atoms with Crippen molar-refractivity contribution in [1.29, 1.82) is 0 Å². The predicted octanol–water partition coefficient (Wildman–Crippen LogP) is 3.64. The molecule has 0 bridgehead atoms. The highest BCUT2D eigenvalue weighted by atomic mass is 16.5. The van der Waals surface area contributed by atoms with Crippen LogP contribution in [0, 0.1) is 11.3 Å². The quantitative estimate of drug-likeness (QED) is 0.697. The minimum Gasteiger partial charge on any atom is -0.394 e. The van der Waals surface area contributed by atoms with Crippen molar-refractivity contribution in [3.8, 4) is 0 Å². The fourth-order valence-electron chi connectivity index (χ4n) is 2.44. The summed E-state index contributed by atoms with van der Waals surface area (Å²) in [6.45, 7) is 15.7. The Balaban J connectivity index is 4.39. The van der Waals surface area contributed by atoms with Gasteiger partial charge in [-0.3, -0.25) is 0 Å². The van der Waals surface area contributed by atoms with Crippen LogP contribution in [0.25, 0.3) is 0 Å². The Bertz CT molecular complexity index is 223. The zero-order chi connectivity index (χ0) is 15.1. The van der Waals surface area contributed by atoms with Crippen LogP contribution in [0.5, 0.6) is 0 Å². The lowest BCUT2D eigenvalue weighted by molar-refractivity contribution is -0.121. The van der Waals surface area contributed by atoms with E-state index in [0.29, 0.717) is 12.5 Å². The first kappa shape index (κ1) is 18.9. The summed E-state index contributed by atoms with van der Waals surface area (Å²) >= 11 is 0. The van der Waals surface area contributed by atoms with Crippen LogP contribution in [0.15, 0.2) is 0 Å². The van der Waals surface area contributed by atoms with Crippen molar-refractivity contribution in [2.75, 3.05) is 13.2 Å². The van der Waals surface area contributed by atoms with Gasteiger partial charge in [-0.25, -0.2) is 0 Å². The van der Waals surface area contributed by atoms with E-state index >= 15 is 0 Å².